The highest BCUT2D eigenvalue weighted by Gasteiger charge is 2.44. The van der Waals surface area contributed by atoms with Crippen LogP contribution < -0.4 is 15.4 Å². The molecule has 0 radical (unpaired) electrons. The Bertz CT molecular complexity index is 2280. The first kappa shape index (κ1) is 43.5. The van der Waals surface area contributed by atoms with E-state index in [4.69, 9.17) is 33.4 Å². The standard InChI is InChI=1S/C45H49N5O10S/c1-46-34-10-13-38-40(27-34)61-43(48-38)31-6-4-30(5-7-31)32-8-9-33(47-29-32)3-2-16-55-17-18-56-19-20-57-21-22-58-23-24-59-25-26-60-35-11-12-36-37(28-35)45(54)50(44(36)53)39-14-15-41(51)49-42(39)52/h4-13,27-29,39,46H,2-3,14-26H2,1H3,(H,49,51,52). The minimum Gasteiger partial charge on any atom is -0.491 e. The second-order valence-corrected chi connectivity index (χ2v) is 15.3. The second kappa shape index (κ2) is 21.8. The van der Waals surface area contributed by atoms with Gasteiger partial charge in [-0.25, -0.2) is 4.98 Å². The van der Waals surface area contributed by atoms with Crippen molar-refractivity contribution in [3.05, 3.63) is 95.8 Å². The molecule has 1 fully saturated rings. The van der Waals surface area contributed by atoms with Crippen LogP contribution in [0.5, 0.6) is 5.75 Å². The van der Waals surface area contributed by atoms with Gasteiger partial charge in [-0.2, -0.15) is 0 Å². The second-order valence-electron chi connectivity index (χ2n) is 14.2. The van der Waals surface area contributed by atoms with Crippen LogP contribution in [0.4, 0.5) is 5.69 Å². The van der Waals surface area contributed by atoms with Gasteiger partial charge < -0.3 is 33.7 Å². The van der Waals surface area contributed by atoms with Crippen molar-refractivity contribution in [3.8, 4) is 27.4 Å². The number of imide groups is 2. The molecule has 0 aliphatic carbocycles. The SMILES string of the molecule is CNc1ccc2nc(-c3ccc(-c4ccc(CCCOCCOCCOCCOCCOCCOc5ccc6c(c5)C(=O)N(C5CCC(=O)NC5=O)C6=O)nc4)cc3)sc2c1. The number of fused-ring (bicyclic) bond motifs is 2. The highest BCUT2D eigenvalue weighted by atomic mass is 32.1. The number of piperidine rings is 1. The summed E-state index contributed by atoms with van der Waals surface area (Å²) >= 11 is 1.70. The number of nitrogens with zero attached hydrogens (tertiary/aromatic N) is 3. The third kappa shape index (κ3) is 11.6. The number of aryl methyl sites for hydroxylation is 1. The highest BCUT2D eigenvalue weighted by Crippen LogP contribution is 2.33. The van der Waals surface area contributed by atoms with E-state index in [-0.39, 0.29) is 30.6 Å². The maximum absolute atomic E-state index is 13.0. The molecule has 4 heterocycles. The van der Waals surface area contributed by atoms with Crippen LogP contribution >= 0.6 is 11.3 Å². The maximum Gasteiger partial charge on any atom is 0.262 e. The first-order valence-corrected chi connectivity index (χ1v) is 21.2. The zero-order valence-electron chi connectivity index (χ0n) is 34.0. The molecule has 2 N–H and O–H groups in total. The molecular formula is C45H49N5O10S. The number of rotatable bonds is 24. The molecular weight excluding hydrogens is 803 g/mol. The molecule has 3 aromatic carbocycles. The average Bonchev–Trinajstić information content (AvgIpc) is 3.81. The van der Waals surface area contributed by atoms with E-state index >= 15 is 0 Å². The number of hydrogen-bond acceptors (Lipinski definition) is 14. The Hall–Kier alpha value is -5.62. The van der Waals surface area contributed by atoms with Crippen LogP contribution in [0, 0.1) is 0 Å². The van der Waals surface area contributed by atoms with Crippen molar-refractivity contribution in [1.29, 1.82) is 0 Å². The molecule has 0 spiro atoms. The lowest BCUT2D eigenvalue weighted by molar-refractivity contribution is -0.136. The van der Waals surface area contributed by atoms with Crippen molar-refractivity contribution in [2.24, 2.45) is 0 Å². The maximum atomic E-state index is 13.0. The van der Waals surface area contributed by atoms with Crippen molar-refractivity contribution in [2.45, 2.75) is 31.7 Å². The first-order chi connectivity index (χ1) is 29.9. The first-order valence-electron chi connectivity index (χ1n) is 20.4. The van der Waals surface area contributed by atoms with E-state index in [2.05, 4.69) is 64.1 Å². The summed E-state index contributed by atoms with van der Waals surface area (Å²) in [4.78, 5) is 59.9. The Morgan fingerprint density at radius 3 is 2.00 bits per heavy atom. The molecule has 1 atom stereocenters. The number of amides is 4. The fraction of sp³-hybridized carbons (Fsp3) is 0.378. The van der Waals surface area contributed by atoms with Crippen molar-refractivity contribution in [1.82, 2.24) is 20.2 Å². The predicted octanol–water partition coefficient (Wildman–Crippen LogP) is 5.56. The average molecular weight is 852 g/mol. The molecule has 2 aromatic heterocycles. The van der Waals surface area contributed by atoms with E-state index in [0.717, 1.165) is 61.0 Å². The van der Waals surface area contributed by atoms with Gasteiger partial charge in [0.05, 0.1) is 80.8 Å². The number of pyridine rings is 1. The lowest BCUT2D eigenvalue weighted by Crippen LogP contribution is -2.54. The molecule has 0 saturated carbocycles. The zero-order valence-corrected chi connectivity index (χ0v) is 34.8. The van der Waals surface area contributed by atoms with Crippen molar-refractivity contribution in [3.63, 3.8) is 0 Å². The van der Waals surface area contributed by atoms with Crippen LogP contribution in [0.25, 0.3) is 31.9 Å². The van der Waals surface area contributed by atoms with E-state index in [0.29, 0.717) is 71.8 Å². The molecule has 1 unspecified atom stereocenters. The van der Waals surface area contributed by atoms with Gasteiger partial charge in [0, 0.05) is 48.8 Å². The topological polar surface area (TPSA) is 177 Å². The highest BCUT2D eigenvalue weighted by molar-refractivity contribution is 7.21. The van der Waals surface area contributed by atoms with Crippen LogP contribution in [0.1, 0.15) is 45.7 Å². The van der Waals surface area contributed by atoms with Gasteiger partial charge in [-0.15, -0.1) is 11.3 Å². The fourth-order valence-corrected chi connectivity index (χ4v) is 7.86. The third-order valence-corrected chi connectivity index (χ3v) is 11.2. The summed E-state index contributed by atoms with van der Waals surface area (Å²) in [6.07, 6.45) is 3.80. The number of thiazole rings is 1. The number of benzene rings is 3. The van der Waals surface area contributed by atoms with Gasteiger partial charge in [0.25, 0.3) is 11.8 Å². The van der Waals surface area contributed by atoms with Crippen LogP contribution in [-0.2, 0) is 39.7 Å². The number of hydrogen-bond donors (Lipinski definition) is 2. The smallest absolute Gasteiger partial charge is 0.262 e. The molecule has 16 heteroatoms. The van der Waals surface area contributed by atoms with Crippen LogP contribution in [0.3, 0.4) is 0 Å². The Balaban J connectivity index is 0.654. The minimum absolute atomic E-state index is 0.0627. The van der Waals surface area contributed by atoms with E-state index < -0.39 is 29.7 Å². The molecule has 1 saturated heterocycles. The van der Waals surface area contributed by atoms with E-state index in [1.165, 1.54) is 12.1 Å². The summed E-state index contributed by atoms with van der Waals surface area (Å²) in [6, 6.07) is 22.5. The van der Waals surface area contributed by atoms with Gasteiger partial charge in [0.2, 0.25) is 11.8 Å². The summed E-state index contributed by atoms with van der Waals surface area (Å²) in [5.41, 5.74) is 6.78. The van der Waals surface area contributed by atoms with Crippen LogP contribution in [-0.4, -0.2) is 124 Å². The molecule has 0 bridgehead atoms. The van der Waals surface area contributed by atoms with E-state index in [1.807, 2.05) is 19.3 Å². The number of carbonyl (C=O) groups is 4. The van der Waals surface area contributed by atoms with E-state index in [1.54, 1.807) is 17.4 Å². The normalized spacial score (nSPS) is 15.1. The number of carbonyl (C=O) groups excluding carboxylic acids is 4. The Morgan fingerprint density at radius 2 is 1.34 bits per heavy atom. The number of nitrogens with one attached hydrogen (secondary N) is 2. The molecule has 61 heavy (non-hydrogen) atoms. The van der Waals surface area contributed by atoms with E-state index in [9.17, 15) is 19.2 Å². The summed E-state index contributed by atoms with van der Waals surface area (Å²) in [5.74, 6) is -1.82. The van der Waals surface area contributed by atoms with Gasteiger partial charge in [-0.3, -0.25) is 34.4 Å². The summed E-state index contributed by atoms with van der Waals surface area (Å²) in [5, 5.41) is 6.38. The molecule has 2 aliphatic rings. The van der Waals surface area contributed by atoms with Gasteiger partial charge in [0.1, 0.15) is 23.4 Å². The van der Waals surface area contributed by atoms with Crippen LogP contribution in [0.2, 0.25) is 0 Å². The molecule has 4 amide bonds. The Morgan fingerprint density at radius 1 is 0.705 bits per heavy atom. The molecule has 320 valence electrons. The third-order valence-electron chi connectivity index (χ3n) is 10.1. The largest absolute Gasteiger partial charge is 0.491 e. The molecule has 2 aliphatic heterocycles. The predicted molar refractivity (Wildman–Crippen MR) is 229 cm³/mol. The van der Waals surface area contributed by atoms with Gasteiger partial charge in [-0.05, 0) is 67.3 Å². The van der Waals surface area contributed by atoms with Crippen LogP contribution in [0.15, 0.2) is 79.0 Å². The lowest BCUT2D eigenvalue weighted by atomic mass is 10.0. The summed E-state index contributed by atoms with van der Waals surface area (Å²) in [7, 11) is 1.92. The van der Waals surface area contributed by atoms with Gasteiger partial charge >= 0.3 is 0 Å². The number of aromatic nitrogens is 2. The van der Waals surface area contributed by atoms with Gasteiger partial charge in [0.15, 0.2) is 0 Å². The Labute approximate surface area is 357 Å². The lowest BCUT2D eigenvalue weighted by Gasteiger charge is -2.27. The van der Waals surface area contributed by atoms with Crippen molar-refractivity contribution < 1.29 is 47.6 Å². The molecule has 7 rings (SSSR count). The summed E-state index contributed by atoms with van der Waals surface area (Å²) in [6.45, 7) is 4.72. The van der Waals surface area contributed by atoms with Crippen molar-refractivity contribution >= 4 is 50.9 Å². The monoisotopic (exact) mass is 851 g/mol. The Kier molecular flexibility index (Phi) is 15.5. The van der Waals surface area contributed by atoms with Gasteiger partial charge in [-0.1, -0.05) is 30.3 Å². The molecule has 15 nitrogen and oxygen atoms in total. The number of anilines is 1. The fourth-order valence-electron chi connectivity index (χ4n) is 6.85. The van der Waals surface area contributed by atoms with Crippen molar-refractivity contribution in [2.75, 3.05) is 85.0 Å². The zero-order chi connectivity index (χ0) is 42.4. The minimum atomic E-state index is -1.01. The molecule has 5 aromatic rings. The summed E-state index contributed by atoms with van der Waals surface area (Å²) < 4.78 is 34.8. The number of ether oxygens (including phenoxy) is 6. The quantitative estimate of drug-likeness (QED) is 0.0583.